The van der Waals surface area contributed by atoms with Gasteiger partial charge in [0.1, 0.15) is 0 Å². The topological polar surface area (TPSA) is 58.2 Å². The molecule has 0 radical (unpaired) electrons. The lowest BCUT2D eigenvalue weighted by molar-refractivity contribution is -0.116. The molecule has 0 fully saturated rings. The molecule has 0 heterocycles. The predicted molar refractivity (Wildman–Crippen MR) is 120 cm³/mol. The van der Waals surface area contributed by atoms with E-state index in [1.54, 1.807) is 24.3 Å². The van der Waals surface area contributed by atoms with Crippen molar-refractivity contribution in [3.8, 4) is 0 Å². The van der Waals surface area contributed by atoms with Crippen LogP contribution in [-0.2, 0) is 4.79 Å². The fourth-order valence-corrected chi connectivity index (χ4v) is 3.34. The summed E-state index contributed by atoms with van der Waals surface area (Å²) in [4.78, 5) is 24.4. The van der Waals surface area contributed by atoms with E-state index in [9.17, 15) is 9.59 Å². The molecule has 0 saturated heterocycles. The second-order valence-electron chi connectivity index (χ2n) is 6.96. The Morgan fingerprint density at radius 3 is 2.18 bits per heavy atom. The van der Waals surface area contributed by atoms with Crippen molar-refractivity contribution in [2.75, 3.05) is 10.6 Å². The van der Waals surface area contributed by atoms with Gasteiger partial charge in [-0.2, -0.15) is 0 Å². The molecule has 2 aromatic carbocycles. The number of amides is 2. The van der Waals surface area contributed by atoms with Crippen molar-refractivity contribution >= 4 is 39.1 Å². The summed E-state index contributed by atoms with van der Waals surface area (Å²) in [5, 5.41) is 5.76. The third-order valence-corrected chi connectivity index (χ3v) is 5.01. The lowest BCUT2D eigenvalue weighted by atomic mass is 10.1. The van der Waals surface area contributed by atoms with Crippen LogP contribution in [0.3, 0.4) is 0 Å². The SMILES string of the molecule is CCCCCCCCCC(=O)Nc1ccc(C(=O)Nc2cccc(Br)c2)cc1. The second kappa shape index (κ2) is 12.3. The van der Waals surface area contributed by atoms with Crippen molar-refractivity contribution in [3.05, 3.63) is 58.6 Å². The van der Waals surface area contributed by atoms with Crippen molar-refractivity contribution in [1.82, 2.24) is 0 Å². The molecule has 5 heteroatoms. The Labute approximate surface area is 176 Å². The molecule has 4 nitrogen and oxygen atoms in total. The monoisotopic (exact) mass is 444 g/mol. The highest BCUT2D eigenvalue weighted by Gasteiger charge is 2.07. The summed E-state index contributed by atoms with van der Waals surface area (Å²) >= 11 is 3.39. The number of hydrogen-bond donors (Lipinski definition) is 2. The molecule has 2 aromatic rings. The average Bonchev–Trinajstić information content (AvgIpc) is 2.68. The third-order valence-electron chi connectivity index (χ3n) is 4.52. The number of unbranched alkanes of at least 4 members (excludes halogenated alkanes) is 6. The van der Waals surface area contributed by atoms with Gasteiger partial charge >= 0.3 is 0 Å². The normalized spacial score (nSPS) is 10.5. The Hall–Kier alpha value is -2.14. The maximum Gasteiger partial charge on any atom is 0.255 e. The number of anilines is 2. The van der Waals surface area contributed by atoms with Crippen LogP contribution in [0.2, 0.25) is 0 Å². The summed E-state index contributed by atoms with van der Waals surface area (Å²) in [7, 11) is 0. The zero-order valence-electron chi connectivity index (χ0n) is 16.5. The molecule has 0 spiro atoms. The van der Waals surface area contributed by atoms with Crippen molar-refractivity contribution in [3.63, 3.8) is 0 Å². The van der Waals surface area contributed by atoms with Gasteiger partial charge in [-0.1, -0.05) is 67.4 Å². The van der Waals surface area contributed by atoms with Crippen molar-refractivity contribution < 1.29 is 9.59 Å². The standard InChI is InChI=1S/C23H29BrN2O2/c1-2-3-4-5-6-7-8-12-22(27)25-20-15-13-18(14-16-20)23(28)26-21-11-9-10-19(24)17-21/h9-11,13-17H,2-8,12H2,1H3,(H,25,27)(H,26,28). The Morgan fingerprint density at radius 1 is 0.821 bits per heavy atom. The molecule has 0 aliphatic rings. The van der Waals surface area contributed by atoms with Gasteiger partial charge in [-0.05, 0) is 48.9 Å². The van der Waals surface area contributed by atoms with Crippen LogP contribution in [0.15, 0.2) is 53.0 Å². The maximum atomic E-state index is 12.3. The van der Waals surface area contributed by atoms with Crippen LogP contribution in [-0.4, -0.2) is 11.8 Å². The lowest BCUT2D eigenvalue weighted by Gasteiger charge is -2.08. The number of nitrogens with one attached hydrogen (secondary N) is 2. The van der Waals surface area contributed by atoms with Gasteiger partial charge < -0.3 is 10.6 Å². The largest absolute Gasteiger partial charge is 0.326 e. The van der Waals surface area contributed by atoms with E-state index in [0.717, 1.165) is 23.0 Å². The Balaban J connectivity index is 1.72. The molecular formula is C23H29BrN2O2. The number of halogens is 1. The number of benzene rings is 2. The van der Waals surface area contributed by atoms with Crippen molar-refractivity contribution in [2.24, 2.45) is 0 Å². The quantitative estimate of drug-likeness (QED) is 0.375. The van der Waals surface area contributed by atoms with Gasteiger partial charge in [0.15, 0.2) is 0 Å². The first kappa shape index (κ1) is 22.2. The van der Waals surface area contributed by atoms with E-state index in [4.69, 9.17) is 0 Å². The summed E-state index contributed by atoms with van der Waals surface area (Å²) < 4.78 is 0.907. The van der Waals surface area contributed by atoms with Crippen LogP contribution >= 0.6 is 15.9 Å². The lowest BCUT2D eigenvalue weighted by Crippen LogP contribution is -2.13. The van der Waals surface area contributed by atoms with E-state index in [1.165, 1.54) is 32.1 Å². The predicted octanol–water partition coefficient (Wildman–Crippen LogP) is 6.78. The maximum absolute atomic E-state index is 12.3. The number of carbonyl (C=O) groups is 2. The molecular weight excluding hydrogens is 416 g/mol. The van der Waals surface area contributed by atoms with Crippen LogP contribution in [0.1, 0.15) is 68.6 Å². The molecule has 28 heavy (non-hydrogen) atoms. The van der Waals surface area contributed by atoms with Gasteiger partial charge in [-0.15, -0.1) is 0 Å². The summed E-state index contributed by atoms with van der Waals surface area (Å²) in [6.07, 6.45) is 8.89. The molecule has 0 unspecified atom stereocenters. The van der Waals surface area contributed by atoms with E-state index in [1.807, 2.05) is 24.3 Å². The van der Waals surface area contributed by atoms with Crippen LogP contribution in [0, 0.1) is 0 Å². The number of hydrogen-bond acceptors (Lipinski definition) is 2. The van der Waals surface area contributed by atoms with Gasteiger partial charge in [0.25, 0.3) is 5.91 Å². The van der Waals surface area contributed by atoms with Gasteiger partial charge in [-0.3, -0.25) is 9.59 Å². The first-order chi connectivity index (χ1) is 13.6. The molecule has 0 bridgehead atoms. The fourth-order valence-electron chi connectivity index (χ4n) is 2.94. The minimum atomic E-state index is -0.181. The van der Waals surface area contributed by atoms with E-state index in [0.29, 0.717) is 17.7 Å². The molecule has 2 rings (SSSR count). The van der Waals surface area contributed by atoms with Gasteiger partial charge in [-0.25, -0.2) is 0 Å². The molecule has 0 aliphatic carbocycles. The highest BCUT2D eigenvalue weighted by molar-refractivity contribution is 9.10. The smallest absolute Gasteiger partial charge is 0.255 e. The number of carbonyl (C=O) groups excluding carboxylic acids is 2. The third kappa shape index (κ3) is 8.26. The second-order valence-corrected chi connectivity index (χ2v) is 7.88. The van der Waals surface area contributed by atoms with Crippen LogP contribution < -0.4 is 10.6 Å². The molecule has 0 saturated carbocycles. The Morgan fingerprint density at radius 2 is 1.50 bits per heavy atom. The zero-order chi connectivity index (χ0) is 20.2. The first-order valence-electron chi connectivity index (χ1n) is 10.1. The fraction of sp³-hybridized carbons (Fsp3) is 0.391. The Kier molecular flexibility index (Phi) is 9.77. The molecule has 2 N–H and O–H groups in total. The highest BCUT2D eigenvalue weighted by Crippen LogP contribution is 2.17. The molecule has 150 valence electrons. The molecule has 0 aromatic heterocycles. The average molecular weight is 445 g/mol. The van der Waals surface area contributed by atoms with E-state index >= 15 is 0 Å². The number of rotatable bonds is 11. The summed E-state index contributed by atoms with van der Waals surface area (Å²) in [5.41, 5.74) is 1.99. The van der Waals surface area contributed by atoms with Gasteiger partial charge in [0.2, 0.25) is 5.91 Å². The van der Waals surface area contributed by atoms with Crippen LogP contribution in [0.25, 0.3) is 0 Å². The van der Waals surface area contributed by atoms with E-state index in [-0.39, 0.29) is 11.8 Å². The minimum absolute atomic E-state index is 0.0277. The summed E-state index contributed by atoms with van der Waals surface area (Å²) in [6.45, 7) is 2.21. The highest BCUT2D eigenvalue weighted by atomic mass is 79.9. The van der Waals surface area contributed by atoms with Gasteiger partial charge in [0, 0.05) is 27.8 Å². The van der Waals surface area contributed by atoms with E-state index < -0.39 is 0 Å². The minimum Gasteiger partial charge on any atom is -0.326 e. The molecule has 0 atom stereocenters. The first-order valence-corrected chi connectivity index (χ1v) is 10.8. The van der Waals surface area contributed by atoms with Crippen molar-refractivity contribution in [1.29, 1.82) is 0 Å². The van der Waals surface area contributed by atoms with Crippen molar-refractivity contribution in [2.45, 2.75) is 58.3 Å². The van der Waals surface area contributed by atoms with Gasteiger partial charge in [0.05, 0.1) is 0 Å². The summed E-state index contributed by atoms with van der Waals surface area (Å²) in [6, 6.07) is 14.4. The zero-order valence-corrected chi connectivity index (χ0v) is 18.1. The molecule has 0 aliphatic heterocycles. The van der Waals surface area contributed by atoms with Crippen LogP contribution in [0.4, 0.5) is 11.4 Å². The summed E-state index contributed by atoms with van der Waals surface area (Å²) in [5.74, 6) is -0.154. The Bertz CT molecular complexity index is 759. The van der Waals surface area contributed by atoms with E-state index in [2.05, 4.69) is 33.5 Å². The molecule has 2 amide bonds. The van der Waals surface area contributed by atoms with Crippen LogP contribution in [0.5, 0.6) is 0 Å².